The molecule has 1 atom stereocenters. The number of aromatic nitrogens is 1. The Kier molecular flexibility index (Phi) is 7.17. The number of amides is 1. The van der Waals surface area contributed by atoms with Crippen LogP contribution in [0.3, 0.4) is 0 Å². The van der Waals surface area contributed by atoms with E-state index < -0.39 is 0 Å². The largest absolute Gasteiger partial charge is 0.371 e. The van der Waals surface area contributed by atoms with Crippen molar-refractivity contribution in [3.63, 3.8) is 0 Å². The molecule has 5 nitrogen and oxygen atoms in total. The van der Waals surface area contributed by atoms with Gasteiger partial charge >= 0.3 is 0 Å². The van der Waals surface area contributed by atoms with E-state index in [0.717, 1.165) is 48.0 Å². The van der Waals surface area contributed by atoms with Crippen LogP contribution in [0.25, 0.3) is 0 Å². The van der Waals surface area contributed by atoms with Crippen LogP contribution in [0.4, 0.5) is 15.8 Å². The molecule has 3 aromatic rings. The zero-order chi connectivity index (χ0) is 22.5. The smallest absolute Gasteiger partial charge is 0.228 e. The van der Waals surface area contributed by atoms with Crippen molar-refractivity contribution in [1.29, 1.82) is 0 Å². The van der Waals surface area contributed by atoms with Crippen LogP contribution >= 0.6 is 11.3 Å². The van der Waals surface area contributed by atoms with Crippen LogP contribution < -0.4 is 15.5 Å². The van der Waals surface area contributed by atoms with E-state index in [9.17, 15) is 9.18 Å². The highest BCUT2D eigenvalue weighted by molar-refractivity contribution is 7.09. The van der Waals surface area contributed by atoms with E-state index in [0.29, 0.717) is 11.6 Å². The average Bonchev–Trinajstić information content (AvgIpc) is 3.21. The van der Waals surface area contributed by atoms with Crippen LogP contribution in [0, 0.1) is 12.7 Å². The summed E-state index contributed by atoms with van der Waals surface area (Å²) in [5.41, 5.74) is 3.70. The molecule has 0 aliphatic carbocycles. The fraction of sp³-hybridized carbons (Fsp3) is 0.360. The molecular weight excluding hydrogens is 423 g/mol. The molecule has 0 spiro atoms. The highest BCUT2D eigenvalue weighted by atomic mass is 32.1. The molecule has 0 bridgehead atoms. The molecule has 0 radical (unpaired) electrons. The summed E-state index contributed by atoms with van der Waals surface area (Å²) in [6.45, 7) is 6.21. The minimum Gasteiger partial charge on any atom is -0.371 e. The van der Waals surface area contributed by atoms with Crippen LogP contribution in [0.2, 0.25) is 0 Å². The van der Waals surface area contributed by atoms with Gasteiger partial charge < -0.3 is 15.5 Å². The lowest BCUT2D eigenvalue weighted by Gasteiger charge is -2.35. The first-order chi connectivity index (χ1) is 15.5. The molecule has 7 heteroatoms. The molecule has 1 aromatic heterocycles. The highest BCUT2D eigenvalue weighted by Crippen LogP contribution is 2.24. The molecule has 2 heterocycles. The van der Waals surface area contributed by atoms with Crippen LogP contribution in [-0.2, 0) is 11.2 Å². The molecule has 168 valence electrons. The van der Waals surface area contributed by atoms with Crippen molar-refractivity contribution in [3.8, 4) is 0 Å². The second kappa shape index (κ2) is 10.2. The predicted octanol–water partition coefficient (Wildman–Crippen LogP) is 5.09. The molecule has 4 rings (SSSR count). The van der Waals surface area contributed by atoms with Gasteiger partial charge in [0.25, 0.3) is 0 Å². The van der Waals surface area contributed by atoms with Gasteiger partial charge in [-0.15, -0.1) is 11.3 Å². The second-order valence-corrected chi connectivity index (χ2v) is 9.41. The summed E-state index contributed by atoms with van der Waals surface area (Å²) < 4.78 is 13.3. The van der Waals surface area contributed by atoms with Gasteiger partial charge in [-0.25, -0.2) is 9.37 Å². The van der Waals surface area contributed by atoms with Gasteiger partial charge in [0.15, 0.2) is 0 Å². The Labute approximate surface area is 192 Å². The van der Waals surface area contributed by atoms with Gasteiger partial charge in [-0.1, -0.05) is 12.1 Å². The highest BCUT2D eigenvalue weighted by Gasteiger charge is 2.22. The van der Waals surface area contributed by atoms with Crippen molar-refractivity contribution in [2.75, 3.05) is 23.3 Å². The Morgan fingerprint density at radius 1 is 1.22 bits per heavy atom. The fourth-order valence-corrected chi connectivity index (χ4v) is 4.82. The quantitative estimate of drug-likeness (QED) is 0.524. The van der Waals surface area contributed by atoms with E-state index in [4.69, 9.17) is 0 Å². The molecule has 1 aliphatic rings. The van der Waals surface area contributed by atoms with Crippen LogP contribution in [0.5, 0.6) is 0 Å². The van der Waals surface area contributed by atoms with E-state index in [1.807, 2.05) is 31.2 Å². The number of hydrogen-bond donors (Lipinski definition) is 2. The van der Waals surface area contributed by atoms with Crippen LogP contribution in [0.15, 0.2) is 53.9 Å². The van der Waals surface area contributed by atoms with Gasteiger partial charge in [-0.3, -0.25) is 4.79 Å². The third kappa shape index (κ3) is 5.93. The molecular formula is C25H29FN4OS. The number of anilines is 2. The number of aryl methyl sites for hydroxylation is 1. The lowest BCUT2D eigenvalue weighted by Crippen LogP contribution is -2.43. The second-order valence-electron chi connectivity index (χ2n) is 8.34. The van der Waals surface area contributed by atoms with E-state index in [1.165, 1.54) is 12.1 Å². The maximum absolute atomic E-state index is 13.3. The Morgan fingerprint density at radius 2 is 1.97 bits per heavy atom. The van der Waals surface area contributed by atoms with Crippen molar-refractivity contribution in [3.05, 3.63) is 76.0 Å². The van der Waals surface area contributed by atoms with Gasteiger partial charge in [0, 0.05) is 41.9 Å². The van der Waals surface area contributed by atoms with E-state index >= 15 is 0 Å². The molecule has 2 aromatic carbocycles. The summed E-state index contributed by atoms with van der Waals surface area (Å²) in [6.07, 6.45) is 2.32. The summed E-state index contributed by atoms with van der Waals surface area (Å²) in [5.74, 6) is -0.481. The van der Waals surface area contributed by atoms with Gasteiger partial charge in [0.05, 0.1) is 17.1 Å². The number of nitrogens with zero attached hydrogens (tertiary/aromatic N) is 2. The first-order valence-electron chi connectivity index (χ1n) is 11.0. The number of benzene rings is 2. The van der Waals surface area contributed by atoms with Gasteiger partial charge in [0.1, 0.15) is 5.82 Å². The third-order valence-electron chi connectivity index (χ3n) is 5.83. The molecule has 0 saturated carbocycles. The fourth-order valence-electron chi connectivity index (χ4n) is 4.12. The van der Waals surface area contributed by atoms with Crippen LogP contribution in [-0.4, -0.2) is 30.0 Å². The van der Waals surface area contributed by atoms with E-state index in [-0.39, 0.29) is 24.2 Å². The number of carbonyl (C=O) groups is 1. The lowest BCUT2D eigenvalue weighted by atomic mass is 10.0. The maximum atomic E-state index is 13.3. The Morgan fingerprint density at radius 3 is 2.62 bits per heavy atom. The van der Waals surface area contributed by atoms with Gasteiger partial charge in [-0.2, -0.15) is 0 Å². The van der Waals surface area contributed by atoms with Crippen molar-refractivity contribution in [2.45, 2.75) is 45.2 Å². The molecule has 1 saturated heterocycles. The third-order valence-corrected chi connectivity index (χ3v) is 6.62. The first-order valence-corrected chi connectivity index (χ1v) is 11.9. The van der Waals surface area contributed by atoms with Gasteiger partial charge in [0.2, 0.25) is 5.91 Å². The summed E-state index contributed by atoms with van der Waals surface area (Å²) in [6, 6.07) is 14.8. The topological polar surface area (TPSA) is 57.3 Å². The number of nitrogens with one attached hydrogen (secondary N) is 2. The number of thiazole rings is 1. The Hall–Kier alpha value is -2.77. The van der Waals surface area contributed by atoms with Crippen molar-refractivity contribution in [1.82, 2.24) is 10.3 Å². The Bertz CT molecular complexity index is 1040. The zero-order valence-corrected chi connectivity index (χ0v) is 19.3. The summed E-state index contributed by atoms with van der Waals surface area (Å²) in [5, 5.41) is 9.86. The monoisotopic (exact) mass is 452 g/mol. The minimum atomic E-state index is -0.327. The van der Waals surface area contributed by atoms with Crippen LogP contribution in [0.1, 0.15) is 42.1 Å². The zero-order valence-electron chi connectivity index (χ0n) is 18.5. The van der Waals surface area contributed by atoms with Crippen molar-refractivity contribution >= 4 is 28.6 Å². The maximum Gasteiger partial charge on any atom is 0.228 e. The summed E-state index contributed by atoms with van der Waals surface area (Å²) in [4.78, 5) is 19.2. The molecule has 1 amide bonds. The summed E-state index contributed by atoms with van der Waals surface area (Å²) in [7, 11) is 0. The van der Waals surface area contributed by atoms with E-state index in [2.05, 4.69) is 32.8 Å². The number of piperidine rings is 1. The predicted molar refractivity (Wildman–Crippen MR) is 129 cm³/mol. The SMILES string of the molecule is Cc1nc([C@@H](C)NC2CCN(c3ccc(NC(=O)Cc4cccc(F)c4)cc3)CC2)cs1. The number of carbonyl (C=O) groups excluding carboxylic acids is 1. The number of halogens is 1. The number of hydrogen-bond acceptors (Lipinski definition) is 5. The standard InChI is InChI=1S/C25H29FN4OS/c1-17(24-16-32-18(2)28-24)27-22-10-12-30(13-11-22)23-8-6-21(7-9-23)29-25(31)15-19-4-3-5-20(26)14-19/h3-9,14,16-17,22,27H,10-13,15H2,1-2H3,(H,29,31)/t17-/m1/s1. The Balaban J connectivity index is 1.25. The molecule has 2 N–H and O–H groups in total. The number of rotatable bonds is 7. The van der Waals surface area contributed by atoms with Crippen molar-refractivity contribution < 1.29 is 9.18 Å². The average molecular weight is 453 g/mol. The lowest BCUT2D eigenvalue weighted by molar-refractivity contribution is -0.115. The van der Waals surface area contributed by atoms with Gasteiger partial charge in [-0.05, 0) is 68.7 Å². The minimum absolute atomic E-state index is 0.152. The molecule has 1 fully saturated rings. The first kappa shape index (κ1) is 22.4. The van der Waals surface area contributed by atoms with E-state index in [1.54, 1.807) is 23.5 Å². The summed E-state index contributed by atoms with van der Waals surface area (Å²) >= 11 is 1.70. The molecule has 1 aliphatic heterocycles. The molecule has 32 heavy (non-hydrogen) atoms. The molecule has 0 unspecified atom stereocenters. The van der Waals surface area contributed by atoms with Crippen molar-refractivity contribution in [2.24, 2.45) is 0 Å². The normalized spacial score (nSPS) is 15.5.